The Labute approximate surface area is 238 Å². The Kier molecular flexibility index (Phi) is 8.44. The second-order valence-electron chi connectivity index (χ2n) is 10.4. The van der Waals surface area contributed by atoms with Gasteiger partial charge >= 0.3 is 0 Å². The summed E-state index contributed by atoms with van der Waals surface area (Å²) in [5.41, 5.74) is 8.66. The number of benzene rings is 2. The van der Waals surface area contributed by atoms with Gasteiger partial charge in [0.2, 0.25) is 5.91 Å². The highest BCUT2D eigenvalue weighted by Crippen LogP contribution is 2.26. The number of epoxide rings is 1. The van der Waals surface area contributed by atoms with E-state index in [0.29, 0.717) is 30.6 Å². The van der Waals surface area contributed by atoms with Crippen LogP contribution in [0.1, 0.15) is 53.7 Å². The lowest BCUT2D eigenvalue weighted by atomic mass is 10.0. The average molecular weight is 559 g/mol. The number of rotatable bonds is 9. The van der Waals surface area contributed by atoms with Crippen molar-refractivity contribution in [2.24, 2.45) is 7.05 Å². The number of hydrogen-bond donors (Lipinski definition) is 3. The molecule has 11 nitrogen and oxygen atoms in total. The number of carbonyl (C=O) groups excluding carboxylic acids is 4. The molecular formula is C30H34N6O5. The van der Waals surface area contributed by atoms with Gasteiger partial charge in [-0.3, -0.25) is 34.7 Å². The van der Waals surface area contributed by atoms with E-state index >= 15 is 0 Å². The molecule has 2 aliphatic heterocycles. The lowest BCUT2D eigenvalue weighted by Gasteiger charge is -2.17. The molecule has 2 saturated heterocycles. The minimum atomic E-state index is -0.889. The molecule has 214 valence electrons. The number of likely N-dealkylation sites (tertiary alicyclic amines) is 1. The zero-order chi connectivity index (χ0) is 28.9. The van der Waals surface area contributed by atoms with Gasteiger partial charge in [-0.1, -0.05) is 36.4 Å². The van der Waals surface area contributed by atoms with Gasteiger partial charge in [-0.15, -0.1) is 0 Å². The predicted molar refractivity (Wildman–Crippen MR) is 150 cm³/mol. The maximum atomic E-state index is 13.2. The molecule has 0 unspecified atom stereocenters. The molecule has 41 heavy (non-hydrogen) atoms. The Morgan fingerprint density at radius 2 is 1.78 bits per heavy atom. The van der Waals surface area contributed by atoms with Crippen molar-refractivity contribution in [3.05, 3.63) is 77.5 Å². The van der Waals surface area contributed by atoms with Crippen LogP contribution in [0.2, 0.25) is 0 Å². The summed E-state index contributed by atoms with van der Waals surface area (Å²) in [5.74, 6) is -1.41. The summed E-state index contributed by atoms with van der Waals surface area (Å²) >= 11 is 0. The van der Waals surface area contributed by atoms with E-state index in [0.717, 1.165) is 29.7 Å². The topological polar surface area (TPSA) is 138 Å². The zero-order valence-corrected chi connectivity index (χ0v) is 23.1. The van der Waals surface area contributed by atoms with Crippen LogP contribution in [0.4, 0.5) is 0 Å². The fraction of sp³-hybridized carbons (Fsp3) is 0.367. The third-order valence-corrected chi connectivity index (χ3v) is 7.36. The Bertz CT molecular complexity index is 1450. The molecule has 3 N–H and O–H groups in total. The largest absolute Gasteiger partial charge is 0.349 e. The van der Waals surface area contributed by atoms with Crippen molar-refractivity contribution >= 4 is 23.6 Å². The fourth-order valence-electron chi connectivity index (χ4n) is 4.98. The monoisotopic (exact) mass is 558 g/mol. The Morgan fingerprint density at radius 1 is 1.00 bits per heavy atom. The molecule has 0 saturated carbocycles. The van der Waals surface area contributed by atoms with E-state index < -0.39 is 24.0 Å². The second-order valence-corrected chi connectivity index (χ2v) is 10.4. The van der Waals surface area contributed by atoms with Crippen LogP contribution in [0.3, 0.4) is 0 Å². The highest BCUT2D eigenvalue weighted by atomic mass is 16.6. The van der Waals surface area contributed by atoms with Crippen LogP contribution < -0.4 is 16.2 Å². The molecule has 0 spiro atoms. The van der Waals surface area contributed by atoms with E-state index in [2.05, 4.69) is 21.3 Å². The number of aromatic nitrogens is 2. The molecular weight excluding hydrogens is 524 g/mol. The van der Waals surface area contributed by atoms with E-state index in [-0.39, 0.29) is 24.3 Å². The van der Waals surface area contributed by atoms with E-state index in [4.69, 9.17) is 4.74 Å². The van der Waals surface area contributed by atoms with Crippen LogP contribution in [0, 0.1) is 0 Å². The van der Waals surface area contributed by atoms with Gasteiger partial charge in [-0.25, -0.2) is 0 Å². The standard InChI is InChI=1S/C30H34N6O5/c1-19(21-9-7-10-22(18-21)24-14-17-35(2)34-24)31-28(38)23-11-4-3-8-20(23)12-13-25(37)32-33-29(39)26-27(41-26)30(40)36-15-5-6-16-36/h3-4,7-11,14,17-19,26-27H,5-6,12-13,15-16H2,1-2H3,(H,31,38)(H,32,37)(H,33,39)/t19-,26+,27+/m1/s1. The van der Waals surface area contributed by atoms with Crippen LogP contribution in [-0.2, 0) is 32.6 Å². The van der Waals surface area contributed by atoms with Crippen molar-refractivity contribution < 1.29 is 23.9 Å². The third kappa shape index (κ3) is 6.80. The number of aryl methyl sites for hydroxylation is 2. The first kappa shape index (κ1) is 28.0. The highest BCUT2D eigenvalue weighted by Gasteiger charge is 2.52. The maximum Gasteiger partial charge on any atom is 0.270 e. The SMILES string of the molecule is C[C@@H](NC(=O)c1ccccc1CCC(=O)NNC(=O)[C@H]1O[C@@H]1C(=O)N1CCCC1)c1cccc(-c2ccn(C)n2)c1. The van der Waals surface area contributed by atoms with Crippen molar-refractivity contribution in [2.45, 2.75) is 50.9 Å². The molecule has 0 bridgehead atoms. The van der Waals surface area contributed by atoms with Crippen molar-refractivity contribution in [1.82, 2.24) is 30.8 Å². The average Bonchev–Trinajstić information content (AvgIpc) is 3.35. The number of ether oxygens (including phenoxy) is 1. The van der Waals surface area contributed by atoms with E-state index in [9.17, 15) is 19.2 Å². The van der Waals surface area contributed by atoms with Crippen LogP contribution in [0.5, 0.6) is 0 Å². The normalized spacial score (nSPS) is 18.4. The molecule has 5 rings (SSSR count). The summed E-state index contributed by atoms with van der Waals surface area (Å²) in [6.07, 6.45) is 2.47. The smallest absolute Gasteiger partial charge is 0.270 e. The first-order chi connectivity index (χ1) is 19.8. The van der Waals surface area contributed by atoms with Crippen LogP contribution in [-0.4, -0.2) is 63.6 Å². The molecule has 3 heterocycles. The summed E-state index contributed by atoms with van der Waals surface area (Å²) in [5, 5.41) is 7.50. The molecule has 4 amide bonds. The Morgan fingerprint density at radius 3 is 2.54 bits per heavy atom. The highest BCUT2D eigenvalue weighted by molar-refractivity contribution is 5.97. The molecule has 2 aliphatic rings. The summed E-state index contributed by atoms with van der Waals surface area (Å²) in [7, 11) is 1.87. The maximum absolute atomic E-state index is 13.2. The van der Waals surface area contributed by atoms with Gasteiger partial charge in [0, 0.05) is 43.9 Å². The predicted octanol–water partition coefficient (Wildman–Crippen LogP) is 2.05. The molecule has 2 fully saturated rings. The number of hydrazine groups is 1. The lowest BCUT2D eigenvalue weighted by Crippen LogP contribution is -2.45. The number of nitrogens with one attached hydrogen (secondary N) is 3. The minimum absolute atomic E-state index is 0.0495. The van der Waals surface area contributed by atoms with E-state index in [1.165, 1.54) is 0 Å². The molecule has 0 radical (unpaired) electrons. The molecule has 3 atom stereocenters. The zero-order valence-electron chi connectivity index (χ0n) is 23.1. The number of amides is 4. The third-order valence-electron chi connectivity index (χ3n) is 7.36. The van der Waals surface area contributed by atoms with Crippen molar-refractivity contribution in [3.8, 4) is 11.3 Å². The number of hydrogen-bond acceptors (Lipinski definition) is 6. The van der Waals surface area contributed by atoms with Gasteiger partial charge in [0.15, 0.2) is 12.2 Å². The fourth-order valence-corrected chi connectivity index (χ4v) is 4.98. The molecule has 3 aromatic rings. The van der Waals surface area contributed by atoms with Gasteiger partial charge in [-0.2, -0.15) is 5.10 Å². The van der Waals surface area contributed by atoms with Gasteiger partial charge in [-0.05, 0) is 55.5 Å². The van der Waals surface area contributed by atoms with Gasteiger partial charge < -0.3 is 15.0 Å². The van der Waals surface area contributed by atoms with Crippen LogP contribution in [0.25, 0.3) is 11.3 Å². The Hall–Kier alpha value is -4.51. The van der Waals surface area contributed by atoms with Crippen LogP contribution >= 0.6 is 0 Å². The number of nitrogens with zero attached hydrogens (tertiary/aromatic N) is 3. The van der Waals surface area contributed by atoms with Gasteiger partial charge in [0.1, 0.15) is 0 Å². The second kappa shape index (κ2) is 12.3. The van der Waals surface area contributed by atoms with Gasteiger partial charge in [0.05, 0.1) is 11.7 Å². The molecule has 0 aliphatic carbocycles. The first-order valence-electron chi connectivity index (χ1n) is 13.8. The van der Waals surface area contributed by atoms with E-state index in [1.807, 2.05) is 56.6 Å². The van der Waals surface area contributed by atoms with Crippen molar-refractivity contribution in [3.63, 3.8) is 0 Å². The van der Waals surface area contributed by atoms with E-state index in [1.54, 1.807) is 27.8 Å². The van der Waals surface area contributed by atoms with Crippen LogP contribution in [0.15, 0.2) is 60.8 Å². The van der Waals surface area contributed by atoms with Crippen molar-refractivity contribution in [1.29, 1.82) is 0 Å². The minimum Gasteiger partial charge on any atom is -0.349 e. The Balaban J connectivity index is 1.11. The summed E-state index contributed by atoms with van der Waals surface area (Å²) in [6.45, 7) is 3.28. The lowest BCUT2D eigenvalue weighted by molar-refractivity contribution is -0.132. The number of carbonyl (C=O) groups is 4. The first-order valence-corrected chi connectivity index (χ1v) is 13.8. The summed E-state index contributed by atoms with van der Waals surface area (Å²) < 4.78 is 6.99. The molecule has 1 aromatic heterocycles. The molecule has 2 aromatic carbocycles. The van der Waals surface area contributed by atoms with Crippen molar-refractivity contribution in [2.75, 3.05) is 13.1 Å². The summed E-state index contributed by atoms with van der Waals surface area (Å²) in [6, 6.07) is 16.7. The summed E-state index contributed by atoms with van der Waals surface area (Å²) in [4.78, 5) is 52.0. The quantitative estimate of drug-likeness (QED) is 0.272. The molecule has 11 heteroatoms. The van der Waals surface area contributed by atoms with Gasteiger partial charge in [0.25, 0.3) is 17.7 Å².